The predicted octanol–water partition coefficient (Wildman–Crippen LogP) is 3.68. The molecule has 0 aliphatic carbocycles. The molecule has 1 fully saturated rings. The molecule has 2 N–H and O–H groups in total. The number of amides is 2. The maximum Gasteiger partial charge on any atom is 0.407 e. The number of likely N-dealkylation sites (tertiary alicyclic amines) is 1. The molecule has 2 rings (SSSR count). The van der Waals surface area contributed by atoms with Crippen LogP contribution in [0.1, 0.15) is 53.5 Å². The predicted molar refractivity (Wildman–Crippen MR) is 113 cm³/mol. The number of nitrogens with zero attached hydrogens (tertiary/aromatic N) is 1. The first-order valence-electron chi connectivity index (χ1n) is 10.1. The van der Waals surface area contributed by atoms with Gasteiger partial charge < -0.3 is 20.1 Å². The summed E-state index contributed by atoms with van der Waals surface area (Å²) in [4.78, 5) is 26.7. The number of hydrogen-bond acceptors (Lipinski definition) is 5. The summed E-state index contributed by atoms with van der Waals surface area (Å²) in [5.41, 5.74) is 0.0641. The molecule has 162 valence electrons. The molecule has 1 aliphatic heterocycles. The van der Waals surface area contributed by atoms with Crippen LogP contribution in [0.5, 0.6) is 0 Å². The zero-order chi connectivity index (χ0) is 21.7. The van der Waals surface area contributed by atoms with Crippen LogP contribution in [0.15, 0.2) is 30.3 Å². The van der Waals surface area contributed by atoms with E-state index in [9.17, 15) is 9.59 Å². The molecule has 0 spiro atoms. The van der Waals surface area contributed by atoms with Crippen molar-refractivity contribution < 1.29 is 19.1 Å². The first-order chi connectivity index (χ1) is 13.4. The fourth-order valence-electron chi connectivity index (χ4n) is 3.32. The first-order valence-corrected chi connectivity index (χ1v) is 10.1. The number of piperidine rings is 1. The van der Waals surface area contributed by atoms with Crippen molar-refractivity contribution in [3.63, 3.8) is 0 Å². The van der Waals surface area contributed by atoms with Crippen molar-refractivity contribution in [2.75, 3.05) is 13.1 Å². The van der Waals surface area contributed by atoms with Gasteiger partial charge in [0.25, 0.3) is 0 Å². The summed E-state index contributed by atoms with van der Waals surface area (Å²) in [5, 5.41) is 5.90. The van der Waals surface area contributed by atoms with Crippen LogP contribution in [0.2, 0.25) is 0 Å². The number of nitrogens with one attached hydrogen (secondary N) is 2. The van der Waals surface area contributed by atoms with Gasteiger partial charge in [-0.3, -0.25) is 4.90 Å². The van der Waals surface area contributed by atoms with E-state index in [0.717, 1.165) is 6.54 Å². The lowest BCUT2D eigenvalue weighted by Crippen LogP contribution is -2.57. The summed E-state index contributed by atoms with van der Waals surface area (Å²) < 4.78 is 10.8. The van der Waals surface area contributed by atoms with E-state index in [-0.39, 0.29) is 12.1 Å². The number of hydrogen-bond donors (Lipinski definition) is 2. The summed E-state index contributed by atoms with van der Waals surface area (Å²) in [5.74, 6) is 0. The fourth-order valence-corrected chi connectivity index (χ4v) is 3.32. The molecule has 1 saturated heterocycles. The molecule has 1 aromatic carbocycles. The minimum atomic E-state index is -0.559. The van der Waals surface area contributed by atoms with Crippen molar-refractivity contribution in [1.29, 1.82) is 0 Å². The summed E-state index contributed by atoms with van der Waals surface area (Å²) >= 11 is 0. The Morgan fingerprint density at radius 3 is 1.76 bits per heavy atom. The van der Waals surface area contributed by atoms with Gasteiger partial charge in [0.05, 0.1) is 0 Å². The number of rotatable bonds is 4. The van der Waals surface area contributed by atoms with Gasteiger partial charge in [0.1, 0.15) is 11.2 Å². The Bertz CT molecular complexity index is 642. The molecule has 0 bridgehead atoms. The molecule has 0 saturated carbocycles. The number of alkyl carbamates (subject to hydrolysis) is 2. The van der Waals surface area contributed by atoms with Crippen LogP contribution in [-0.2, 0) is 16.0 Å². The monoisotopic (exact) mass is 405 g/mol. The van der Waals surface area contributed by atoms with Gasteiger partial charge in [-0.15, -0.1) is 0 Å². The number of ether oxygens (including phenoxy) is 2. The maximum atomic E-state index is 12.2. The Kier molecular flexibility index (Phi) is 7.52. The van der Waals surface area contributed by atoms with Crippen molar-refractivity contribution in [3.8, 4) is 0 Å². The van der Waals surface area contributed by atoms with E-state index in [2.05, 4.69) is 27.7 Å². The SMILES string of the molecule is CC(C)(C)OC(=O)N[C@@H]1C[C@H](NC(=O)OC(C)(C)C)CN(Cc2ccccc2)C1. The average Bonchev–Trinajstić information content (AvgIpc) is 2.51. The Morgan fingerprint density at radius 1 is 0.897 bits per heavy atom. The van der Waals surface area contributed by atoms with Gasteiger partial charge in [-0.1, -0.05) is 30.3 Å². The third-order valence-corrected chi connectivity index (χ3v) is 4.22. The Labute approximate surface area is 174 Å². The highest BCUT2D eigenvalue weighted by molar-refractivity contribution is 5.69. The van der Waals surface area contributed by atoms with E-state index < -0.39 is 23.4 Å². The van der Waals surface area contributed by atoms with E-state index in [1.165, 1.54) is 5.56 Å². The number of carbonyl (C=O) groups excluding carboxylic acids is 2. The van der Waals surface area contributed by atoms with E-state index in [1.54, 1.807) is 0 Å². The molecule has 7 nitrogen and oxygen atoms in total. The van der Waals surface area contributed by atoms with Crippen LogP contribution in [0.4, 0.5) is 9.59 Å². The summed E-state index contributed by atoms with van der Waals surface area (Å²) in [6, 6.07) is 9.87. The van der Waals surface area contributed by atoms with Gasteiger partial charge in [0.2, 0.25) is 0 Å². The zero-order valence-corrected chi connectivity index (χ0v) is 18.5. The summed E-state index contributed by atoms with van der Waals surface area (Å²) in [6.07, 6.45) is -0.274. The van der Waals surface area contributed by atoms with Crippen LogP contribution in [0, 0.1) is 0 Å². The van der Waals surface area contributed by atoms with E-state index >= 15 is 0 Å². The molecule has 0 unspecified atom stereocenters. The number of benzene rings is 1. The third-order valence-electron chi connectivity index (χ3n) is 4.22. The highest BCUT2D eigenvalue weighted by Crippen LogP contribution is 2.17. The first kappa shape index (κ1) is 23.0. The molecule has 0 aromatic heterocycles. The van der Waals surface area contributed by atoms with Gasteiger partial charge in [-0.05, 0) is 53.5 Å². The quantitative estimate of drug-likeness (QED) is 0.799. The van der Waals surface area contributed by atoms with Gasteiger partial charge >= 0.3 is 12.2 Å². The molecule has 0 radical (unpaired) electrons. The normalized spacial score (nSPS) is 20.6. The average molecular weight is 406 g/mol. The molecular formula is C22H35N3O4. The Hall–Kier alpha value is -2.28. The second-order valence-electron chi connectivity index (χ2n) is 9.60. The summed E-state index contributed by atoms with van der Waals surface area (Å²) in [6.45, 7) is 13.1. The van der Waals surface area contributed by atoms with Crippen molar-refractivity contribution in [2.45, 2.75) is 77.8 Å². The van der Waals surface area contributed by atoms with Crippen LogP contribution < -0.4 is 10.6 Å². The zero-order valence-electron chi connectivity index (χ0n) is 18.5. The van der Waals surface area contributed by atoms with E-state index in [1.807, 2.05) is 59.7 Å². The Morgan fingerprint density at radius 2 is 1.34 bits per heavy atom. The van der Waals surface area contributed by atoms with Crippen LogP contribution >= 0.6 is 0 Å². The van der Waals surface area contributed by atoms with Crippen molar-refractivity contribution >= 4 is 12.2 Å². The smallest absolute Gasteiger partial charge is 0.407 e. The standard InChI is InChI=1S/C22H35N3O4/c1-21(2,3)28-19(26)23-17-12-18(24-20(27)29-22(4,5)6)15-25(14-17)13-16-10-8-7-9-11-16/h7-11,17-18H,12-15H2,1-6H3,(H,23,26)(H,24,27)/t17-,18+. The largest absolute Gasteiger partial charge is 0.444 e. The molecule has 1 aliphatic rings. The van der Waals surface area contributed by atoms with E-state index in [4.69, 9.17) is 9.47 Å². The lowest BCUT2D eigenvalue weighted by Gasteiger charge is -2.38. The highest BCUT2D eigenvalue weighted by Gasteiger charge is 2.31. The van der Waals surface area contributed by atoms with Crippen molar-refractivity contribution in [3.05, 3.63) is 35.9 Å². The molecule has 29 heavy (non-hydrogen) atoms. The maximum absolute atomic E-state index is 12.2. The van der Waals surface area contributed by atoms with Gasteiger partial charge in [-0.2, -0.15) is 0 Å². The van der Waals surface area contributed by atoms with Crippen molar-refractivity contribution in [1.82, 2.24) is 15.5 Å². The minimum absolute atomic E-state index is 0.137. The van der Waals surface area contributed by atoms with Crippen LogP contribution in [-0.4, -0.2) is 53.5 Å². The second kappa shape index (κ2) is 9.48. The summed E-state index contributed by atoms with van der Waals surface area (Å²) in [7, 11) is 0. The van der Waals surface area contributed by atoms with Gasteiger partial charge in [0.15, 0.2) is 0 Å². The van der Waals surface area contributed by atoms with Crippen LogP contribution in [0.25, 0.3) is 0 Å². The number of carbonyl (C=O) groups is 2. The fraction of sp³-hybridized carbons (Fsp3) is 0.636. The Balaban J connectivity index is 2.03. The minimum Gasteiger partial charge on any atom is -0.444 e. The van der Waals surface area contributed by atoms with Crippen molar-refractivity contribution in [2.24, 2.45) is 0 Å². The third kappa shape index (κ3) is 9.17. The molecule has 7 heteroatoms. The molecule has 2 amide bonds. The molecule has 1 aromatic rings. The lowest BCUT2D eigenvalue weighted by atomic mass is 10.00. The molecular weight excluding hydrogens is 370 g/mol. The van der Waals surface area contributed by atoms with Crippen LogP contribution in [0.3, 0.4) is 0 Å². The molecule has 1 heterocycles. The van der Waals surface area contributed by atoms with Gasteiger partial charge in [-0.25, -0.2) is 9.59 Å². The molecule has 2 atom stereocenters. The van der Waals surface area contributed by atoms with E-state index in [0.29, 0.717) is 19.5 Å². The van der Waals surface area contributed by atoms with Gasteiger partial charge in [0, 0.05) is 31.7 Å². The lowest BCUT2D eigenvalue weighted by molar-refractivity contribution is 0.0409. The highest BCUT2D eigenvalue weighted by atomic mass is 16.6. The second-order valence-corrected chi connectivity index (χ2v) is 9.60. The topological polar surface area (TPSA) is 79.9 Å².